The third-order valence-electron chi connectivity index (χ3n) is 4.17. The molecule has 1 aliphatic heterocycles. The van der Waals surface area contributed by atoms with E-state index in [0.717, 1.165) is 23.1 Å². The van der Waals surface area contributed by atoms with Crippen molar-refractivity contribution < 1.29 is 9.47 Å². The van der Waals surface area contributed by atoms with Crippen molar-refractivity contribution >= 4 is 5.69 Å². The van der Waals surface area contributed by atoms with Crippen molar-refractivity contribution in [1.82, 2.24) is 0 Å². The second-order valence-electron chi connectivity index (χ2n) is 5.34. The largest absolute Gasteiger partial charge is 0.454 e. The van der Waals surface area contributed by atoms with E-state index in [1.807, 2.05) is 12.1 Å². The molecular weight excluding hydrogens is 226 g/mol. The molecule has 1 fully saturated rings. The van der Waals surface area contributed by atoms with E-state index >= 15 is 0 Å². The fourth-order valence-corrected chi connectivity index (χ4v) is 2.94. The summed E-state index contributed by atoms with van der Waals surface area (Å²) in [5.41, 5.74) is 1.15. The number of hydrogen-bond acceptors (Lipinski definition) is 3. The predicted octanol–water partition coefficient (Wildman–Crippen LogP) is 3.80. The first-order chi connectivity index (χ1) is 8.85. The SMILES string of the molecule is CCC1CCC(Nc2ccc3c(c2)OCO3)CC1. The second kappa shape index (κ2) is 5.09. The van der Waals surface area contributed by atoms with Gasteiger partial charge in [-0.05, 0) is 43.7 Å². The van der Waals surface area contributed by atoms with Crippen molar-refractivity contribution in [3.05, 3.63) is 18.2 Å². The van der Waals surface area contributed by atoms with Crippen LogP contribution in [0.2, 0.25) is 0 Å². The van der Waals surface area contributed by atoms with Crippen molar-refractivity contribution in [3.63, 3.8) is 0 Å². The Bertz CT molecular complexity index is 411. The molecular formula is C15H21NO2. The van der Waals surface area contributed by atoms with E-state index in [9.17, 15) is 0 Å². The molecule has 1 aromatic rings. The fraction of sp³-hybridized carbons (Fsp3) is 0.600. The molecule has 0 spiro atoms. The van der Waals surface area contributed by atoms with E-state index in [-0.39, 0.29) is 0 Å². The molecule has 3 rings (SSSR count). The molecule has 1 N–H and O–H groups in total. The molecule has 18 heavy (non-hydrogen) atoms. The highest BCUT2D eigenvalue weighted by molar-refractivity contribution is 5.56. The zero-order valence-electron chi connectivity index (χ0n) is 10.9. The van der Waals surface area contributed by atoms with Crippen LogP contribution in [0.15, 0.2) is 18.2 Å². The first kappa shape index (κ1) is 11.7. The predicted molar refractivity (Wildman–Crippen MR) is 72.2 cm³/mol. The molecule has 0 aromatic heterocycles. The Morgan fingerprint density at radius 1 is 1.11 bits per heavy atom. The molecule has 1 aromatic carbocycles. The van der Waals surface area contributed by atoms with Gasteiger partial charge in [0.15, 0.2) is 11.5 Å². The zero-order chi connectivity index (χ0) is 12.4. The van der Waals surface area contributed by atoms with E-state index in [4.69, 9.17) is 9.47 Å². The quantitative estimate of drug-likeness (QED) is 0.881. The number of hydrogen-bond donors (Lipinski definition) is 1. The van der Waals surface area contributed by atoms with Gasteiger partial charge in [-0.15, -0.1) is 0 Å². The number of anilines is 1. The molecule has 1 saturated carbocycles. The van der Waals surface area contributed by atoms with Gasteiger partial charge in [-0.25, -0.2) is 0 Å². The number of nitrogens with one attached hydrogen (secondary N) is 1. The highest BCUT2D eigenvalue weighted by Crippen LogP contribution is 2.35. The molecule has 0 radical (unpaired) electrons. The fourth-order valence-electron chi connectivity index (χ4n) is 2.94. The molecule has 3 nitrogen and oxygen atoms in total. The highest BCUT2D eigenvalue weighted by Gasteiger charge is 2.20. The van der Waals surface area contributed by atoms with Gasteiger partial charge in [0.1, 0.15) is 0 Å². The third kappa shape index (κ3) is 2.40. The van der Waals surface area contributed by atoms with E-state index < -0.39 is 0 Å². The van der Waals surface area contributed by atoms with Crippen molar-refractivity contribution in [2.75, 3.05) is 12.1 Å². The summed E-state index contributed by atoms with van der Waals surface area (Å²) in [7, 11) is 0. The van der Waals surface area contributed by atoms with Crippen LogP contribution >= 0.6 is 0 Å². The van der Waals surface area contributed by atoms with Gasteiger partial charge in [-0.3, -0.25) is 0 Å². The standard InChI is InChI=1S/C15H21NO2/c1-2-11-3-5-12(6-4-11)16-13-7-8-14-15(9-13)18-10-17-14/h7-9,11-12,16H,2-6,10H2,1H3. The first-order valence-electron chi connectivity index (χ1n) is 7.01. The number of fused-ring (bicyclic) bond motifs is 1. The maximum Gasteiger partial charge on any atom is 0.231 e. The van der Waals surface area contributed by atoms with E-state index in [0.29, 0.717) is 12.8 Å². The van der Waals surface area contributed by atoms with Crippen molar-refractivity contribution in [2.45, 2.75) is 45.1 Å². The van der Waals surface area contributed by atoms with Gasteiger partial charge >= 0.3 is 0 Å². The van der Waals surface area contributed by atoms with Crippen LogP contribution in [0.3, 0.4) is 0 Å². The summed E-state index contributed by atoms with van der Waals surface area (Å²) in [6.07, 6.45) is 6.62. The van der Waals surface area contributed by atoms with E-state index in [1.165, 1.54) is 32.1 Å². The van der Waals surface area contributed by atoms with Gasteiger partial charge < -0.3 is 14.8 Å². The van der Waals surface area contributed by atoms with Crippen LogP contribution in [0.5, 0.6) is 11.5 Å². The average Bonchev–Trinajstić information content (AvgIpc) is 2.87. The van der Waals surface area contributed by atoms with Crippen LogP contribution in [-0.4, -0.2) is 12.8 Å². The Balaban J connectivity index is 1.60. The average molecular weight is 247 g/mol. The highest BCUT2D eigenvalue weighted by atomic mass is 16.7. The molecule has 0 amide bonds. The Morgan fingerprint density at radius 2 is 1.89 bits per heavy atom. The molecule has 3 heteroatoms. The van der Waals surface area contributed by atoms with E-state index in [2.05, 4.69) is 18.3 Å². The molecule has 98 valence electrons. The summed E-state index contributed by atoms with van der Waals surface area (Å²) in [6.45, 7) is 2.65. The summed E-state index contributed by atoms with van der Waals surface area (Å²) in [4.78, 5) is 0. The minimum absolute atomic E-state index is 0.348. The van der Waals surface area contributed by atoms with Gasteiger partial charge in [0.25, 0.3) is 0 Å². The second-order valence-corrected chi connectivity index (χ2v) is 5.34. The maximum absolute atomic E-state index is 5.40. The molecule has 0 bridgehead atoms. The topological polar surface area (TPSA) is 30.5 Å². The van der Waals surface area contributed by atoms with Crippen LogP contribution in [0.1, 0.15) is 39.0 Å². The van der Waals surface area contributed by atoms with Gasteiger partial charge in [0, 0.05) is 17.8 Å². The molecule has 0 atom stereocenters. The summed E-state index contributed by atoms with van der Waals surface area (Å²) in [5.74, 6) is 2.66. The van der Waals surface area contributed by atoms with Crippen molar-refractivity contribution in [2.24, 2.45) is 5.92 Å². The summed E-state index contributed by atoms with van der Waals surface area (Å²) in [6, 6.07) is 6.74. The van der Waals surface area contributed by atoms with Gasteiger partial charge in [-0.1, -0.05) is 13.3 Å². The zero-order valence-corrected chi connectivity index (χ0v) is 10.9. The van der Waals surface area contributed by atoms with Crippen LogP contribution in [0.4, 0.5) is 5.69 Å². The number of ether oxygens (including phenoxy) is 2. The molecule has 2 aliphatic rings. The Labute approximate surface area is 108 Å². The summed E-state index contributed by atoms with van der Waals surface area (Å²) >= 11 is 0. The van der Waals surface area contributed by atoms with Crippen LogP contribution in [0, 0.1) is 5.92 Å². The lowest BCUT2D eigenvalue weighted by molar-refractivity contribution is 0.174. The molecule has 1 aliphatic carbocycles. The molecule has 0 saturated heterocycles. The lowest BCUT2D eigenvalue weighted by atomic mass is 9.84. The third-order valence-corrected chi connectivity index (χ3v) is 4.17. The number of benzene rings is 1. The smallest absolute Gasteiger partial charge is 0.231 e. The maximum atomic E-state index is 5.40. The normalized spacial score (nSPS) is 26.1. The molecule has 0 unspecified atom stereocenters. The lowest BCUT2D eigenvalue weighted by Crippen LogP contribution is -2.25. The van der Waals surface area contributed by atoms with Gasteiger partial charge in [0.05, 0.1) is 0 Å². The monoisotopic (exact) mass is 247 g/mol. The Morgan fingerprint density at radius 3 is 2.67 bits per heavy atom. The molecule has 1 heterocycles. The summed E-state index contributed by atoms with van der Waals surface area (Å²) in [5, 5.41) is 3.62. The minimum atomic E-state index is 0.348. The lowest BCUT2D eigenvalue weighted by Gasteiger charge is -2.29. The van der Waals surface area contributed by atoms with Gasteiger partial charge in [0.2, 0.25) is 6.79 Å². The van der Waals surface area contributed by atoms with E-state index in [1.54, 1.807) is 0 Å². The number of rotatable bonds is 3. The van der Waals surface area contributed by atoms with Crippen LogP contribution in [-0.2, 0) is 0 Å². The Kier molecular flexibility index (Phi) is 3.31. The summed E-state index contributed by atoms with van der Waals surface area (Å²) < 4.78 is 10.7. The minimum Gasteiger partial charge on any atom is -0.454 e. The Hall–Kier alpha value is -1.38. The van der Waals surface area contributed by atoms with Crippen LogP contribution in [0.25, 0.3) is 0 Å². The van der Waals surface area contributed by atoms with Crippen LogP contribution < -0.4 is 14.8 Å². The van der Waals surface area contributed by atoms with Crippen molar-refractivity contribution in [1.29, 1.82) is 0 Å². The first-order valence-corrected chi connectivity index (χ1v) is 7.01. The van der Waals surface area contributed by atoms with Gasteiger partial charge in [-0.2, -0.15) is 0 Å². The van der Waals surface area contributed by atoms with Crippen molar-refractivity contribution in [3.8, 4) is 11.5 Å².